The van der Waals surface area contributed by atoms with Gasteiger partial charge in [0.05, 0.1) is 19.3 Å². The molecule has 2 saturated heterocycles. The number of hydrogen-bond donors (Lipinski definition) is 1. The zero-order valence-corrected chi connectivity index (χ0v) is 7.62. The molecule has 1 amide bonds. The fourth-order valence-corrected chi connectivity index (χ4v) is 1.59. The van der Waals surface area contributed by atoms with Crippen LogP contribution in [0.3, 0.4) is 0 Å². The fraction of sp³-hybridized carbons (Fsp3) is 0.889. The van der Waals surface area contributed by atoms with Crippen molar-refractivity contribution in [2.45, 2.75) is 31.4 Å². The highest BCUT2D eigenvalue weighted by atomic mass is 16.5. The normalized spacial score (nSPS) is 33.5. The van der Waals surface area contributed by atoms with Crippen molar-refractivity contribution < 1.29 is 14.3 Å². The smallest absolute Gasteiger partial charge is 0.249 e. The summed E-state index contributed by atoms with van der Waals surface area (Å²) in [5, 5.41) is 2.93. The van der Waals surface area contributed by atoms with Crippen molar-refractivity contribution in [2.75, 3.05) is 19.8 Å². The Bertz CT molecular complexity index is 185. The van der Waals surface area contributed by atoms with E-state index in [4.69, 9.17) is 9.47 Å². The summed E-state index contributed by atoms with van der Waals surface area (Å²) >= 11 is 0. The molecule has 0 aliphatic carbocycles. The number of carbonyl (C=O) groups is 1. The third kappa shape index (κ3) is 2.19. The van der Waals surface area contributed by atoms with Crippen LogP contribution < -0.4 is 5.32 Å². The molecule has 2 heterocycles. The summed E-state index contributed by atoms with van der Waals surface area (Å²) in [4.78, 5) is 11.4. The predicted octanol–water partition coefficient (Wildman–Crippen LogP) is 0.0705. The van der Waals surface area contributed by atoms with E-state index in [1.165, 1.54) is 0 Å². The molecular formula is C9H15NO3. The van der Waals surface area contributed by atoms with Crippen LogP contribution in [0.1, 0.15) is 19.3 Å². The predicted molar refractivity (Wildman–Crippen MR) is 46.3 cm³/mol. The lowest BCUT2D eigenvalue weighted by atomic mass is 10.1. The zero-order valence-electron chi connectivity index (χ0n) is 7.62. The van der Waals surface area contributed by atoms with Crippen LogP contribution in [0.2, 0.25) is 0 Å². The minimum absolute atomic E-state index is 0.0294. The lowest BCUT2D eigenvalue weighted by molar-refractivity contribution is -0.146. The van der Waals surface area contributed by atoms with E-state index < -0.39 is 0 Å². The summed E-state index contributed by atoms with van der Waals surface area (Å²) < 4.78 is 10.3. The molecule has 2 aliphatic heterocycles. The second kappa shape index (κ2) is 4.07. The molecular weight excluding hydrogens is 170 g/mol. The molecule has 2 atom stereocenters. The van der Waals surface area contributed by atoms with E-state index in [2.05, 4.69) is 5.32 Å². The van der Waals surface area contributed by atoms with Crippen molar-refractivity contribution in [1.29, 1.82) is 0 Å². The van der Waals surface area contributed by atoms with Crippen molar-refractivity contribution >= 4 is 5.91 Å². The van der Waals surface area contributed by atoms with Gasteiger partial charge in [-0.15, -0.1) is 0 Å². The maximum Gasteiger partial charge on any atom is 0.249 e. The highest BCUT2D eigenvalue weighted by Crippen LogP contribution is 2.12. The van der Waals surface area contributed by atoms with Gasteiger partial charge in [0, 0.05) is 13.0 Å². The van der Waals surface area contributed by atoms with Crippen molar-refractivity contribution in [3.8, 4) is 0 Å². The molecule has 74 valence electrons. The molecule has 0 aromatic carbocycles. The first-order chi connectivity index (χ1) is 6.36. The summed E-state index contributed by atoms with van der Waals surface area (Å²) in [5.74, 6) is 0.0294. The third-order valence-corrected chi connectivity index (χ3v) is 2.50. The second-order valence-electron chi connectivity index (χ2n) is 3.57. The Kier molecular flexibility index (Phi) is 2.80. The van der Waals surface area contributed by atoms with Crippen molar-refractivity contribution in [3.05, 3.63) is 0 Å². The van der Waals surface area contributed by atoms with Gasteiger partial charge in [-0.3, -0.25) is 4.79 Å². The number of ether oxygens (including phenoxy) is 2. The van der Waals surface area contributed by atoms with Gasteiger partial charge in [0.2, 0.25) is 5.91 Å². The van der Waals surface area contributed by atoms with Gasteiger partial charge >= 0.3 is 0 Å². The number of hydrogen-bond acceptors (Lipinski definition) is 3. The van der Waals surface area contributed by atoms with Gasteiger partial charge < -0.3 is 14.8 Å². The van der Waals surface area contributed by atoms with Crippen LogP contribution in [0.25, 0.3) is 0 Å². The summed E-state index contributed by atoms with van der Waals surface area (Å²) in [6.07, 6.45) is 2.73. The topological polar surface area (TPSA) is 47.6 Å². The van der Waals surface area contributed by atoms with Crippen LogP contribution >= 0.6 is 0 Å². The lowest BCUT2D eigenvalue weighted by Crippen LogP contribution is -2.49. The van der Waals surface area contributed by atoms with E-state index in [9.17, 15) is 4.79 Å². The summed E-state index contributed by atoms with van der Waals surface area (Å²) in [6.45, 7) is 2.20. The first-order valence-corrected chi connectivity index (χ1v) is 4.86. The summed E-state index contributed by atoms with van der Waals surface area (Å²) in [6, 6.07) is 0.199. The molecule has 2 rings (SSSR count). The van der Waals surface area contributed by atoms with E-state index in [-0.39, 0.29) is 18.1 Å². The van der Waals surface area contributed by atoms with Crippen LogP contribution in [0.4, 0.5) is 0 Å². The second-order valence-corrected chi connectivity index (χ2v) is 3.57. The summed E-state index contributed by atoms with van der Waals surface area (Å²) in [5.41, 5.74) is 0. The Labute approximate surface area is 77.6 Å². The van der Waals surface area contributed by atoms with E-state index in [0.717, 1.165) is 32.5 Å². The minimum Gasteiger partial charge on any atom is -0.379 e. The molecule has 0 radical (unpaired) electrons. The van der Waals surface area contributed by atoms with Gasteiger partial charge in [-0.2, -0.15) is 0 Å². The summed E-state index contributed by atoms with van der Waals surface area (Å²) in [7, 11) is 0. The molecule has 2 fully saturated rings. The number of amides is 1. The SMILES string of the molecule is O=C(N[C@H]1CCCOC1)C1CCO1. The Morgan fingerprint density at radius 2 is 2.15 bits per heavy atom. The Morgan fingerprint density at radius 3 is 2.69 bits per heavy atom. The quantitative estimate of drug-likeness (QED) is 0.662. The van der Waals surface area contributed by atoms with E-state index in [1.807, 2.05) is 0 Å². The van der Waals surface area contributed by atoms with Crippen LogP contribution in [0, 0.1) is 0 Å². The minimum atomic E-state index is -0.193. The molecule has 4 nitrogen and oxygen atoms in total. The van der Waals surface area contributed by atoms with E-state index in [0.29, 0.717) is 6.61 Å². The monoisotopic (exact) mass is 185 g/mol. The van der Waals surface area contributed by atoms with E-state index in [1.54, 1.807) is 0 Å². The largest absolute Gasteiger partial charge is 0.379 e. The molecule has 0 bridgehead atoms. The fourth-order valence-electron chi connectivity index (χ4n) is 1.59. The molecule has 2 aliphatic rings. The standard InChI is InChI=1S/C9H15NO3/c11-9(8-3-5-13-8)10-7-2-1-4-12-6-7/h7-8H,1-6H2,(H,10,11)/t7-,8?/m0/s1. The first-order valence-electron chi connectivity index (χ1n) is 4.86. The first kappa shape index (κ1) is 8.97. The zero-order chi connectivity index (χ0) is 9.10. The number of nitrogens with one attached hydrogen (secondary N) is 1. The van der Waals surface area contributed by atoms with Gasteiger partial charge in [0.1, 0.15) is 6.10 Å². The van der Waals surface area contributed by atoms with Gasteiger partial charge in [-0.25, -0.2) is 0 Å². The van der Waals surface area contributed by atoms with Crippen molar-refractivity contribution in [1.82, 2.24) is 5.32 Å². The maximum atomic E-state index is 11.4. The highest BCUT2D eigenvalue weighted by Gasteiger charge is 2.28. The Morgan fingerprint density at radius 1 is 1.31 bits per heavy atom. The van der Waals surface area contributed by atoms with Gasteiger partial charge in [-0.05, 0) is 12.8 Å². The average molecular weight is 185 g/mol. The lowest BCUT2D eigenvalue weighted by Gasteiger charge is -2.29. The molecule has 1 unspecified atom stereocenters. The number of rotatable bonds is 2. The van der Waals surface area contributed by atoms with Gasteiger partial charge in [0.15, 0.2) is 0 Å². The van der Waals surface area contributed by atoms with Crippen molar-refractivity contribution in [3.63, 3.8) is 0 Å². The average Bonchev–Trinajstić information content (AvgIpc) is 2.02. The van der Waals surface area contributed by atoms with Gasteiger partial charge in [0.25, 0.3) is 0 Å². The molecule has 13 heavy (non-hydrogen) atoms. The molecule has 1 N–H and O–H groups in total. The molecule has 0 aromatic rings. The molecule has 4 heteroatoms. The Hall–Kier alpha value is -0.610. The molecule has 0 saturated carbocycles. The van der Waals surface area contributed by atoms with Crippen LogP contribution in [-0.4, -0.2) is 37.9 Å². The molecule has 0 spiro atoms. The van der Waals surface area contributed by atoms with Gasteiger partial charge in [-0.1, -0.05) is 0 Å². The Balaban J connectivity index is 1.72. The van der Waals surface area contributed by atoms with Crippen LogP contribution in [0.5, 0.6) is 0 Å². The number of carbonyl (C=O) groups excluding carboxylic acids is 1. The maximum absolute atomic E-state index is 11.4. The van der Waals surface area contributed by atoms with Crippen molar-refractivity contribution in [2.24, 2.45) is 0 Å². The molecule has 0 aromatic heterocycles. The van der Waals surface area contributed by atoms with Crippen LogP contribution in [0.15, 0.2) is 0 Å². The van der Waals surface area contributed by atoms with Crippen LogP contribution in [-0.2, 0) is 14.3 Å². The third-order valence-electron chi connectivity index (χ3n) is 2.50. The van der Waals surface area contributed by atoms with E-state index >= 15 is 0 Å². The highest BCUT2D eigenvalue weighted by molar-refractivity contribution is 5.81.